The van der Waals surface area contributed by atoms with E-state index in [0.717, 1.165) is 18.2 Å². The van der Waals surface area contributed by atoms with E-state index in [1.54, 1.807) is 6.92 Å². The predicted octanol–water partition coefficient (Wildman–Crippen LogP) is 0.0343. The number of aliphatic hydroxyl groups is 1. The first-order valence-electron chi connectivity index (χ1n) is 6.18. The normalized spacial score (nSPS) is 12.2. The number of hydrogen-bond acceptors (Lipinski definition) is 6. The third-order valence-electron chi connectivity index (χ3n) is 2.52. The van der Waals surface area contributed by atoms with E-state index < -0.39 is 12.0 Å². The summed E-state index contributed by atoms with van der Waals surface area (Å²) in [6, 6.07) is -0.616. The van der Waals surface area contributed by atoms with Crippen LogP contribution in [0.5, 0.6) is 0 Å². The standard InChI is InChI=1S/C11H18N4O4S/c1-3-4-12-10(19)7(2)15-8(5-16)13-14-11(15)20-6-9(17)18/h7,16H,3-6H2,1-2H3,(H,12,19)(H,17,18). The molecule has 3 N–H and O–H groups in total. The van der Waals surface area contributed by atoms with E-state index in [0.29, 0.717) is 11.7 Å². The van der Waals surface area contributed by atoms with Crippen LogP contribution >= 0.6 is 11.8 Å². The lowest BCUT2D eigenvalue weighted by Gasteiger charge is -2.16. The van der Waals surface area contributed by atoms with Gasteiger partial charge in [-0.1, -0.05) is 18.7 Å². The Morgan fingerprint density at radius 2 is 2.15 bits per heavy atom. The Hall–Kier alpha value is -1.61. The van der Waals surface area contributed by atoms with Gasteiger partial charge in [0.05, 0.1) is 5.75 Å². The van der Waals surface area contributed by atoms with Crippen LogP contribution in [0.3, 0.4) is 0 Å². The summed E-state index contributed by atoms with van der Waals surface area (Å²) in [4.78, 5) is 22.6. The van der Waals surface area contributed by atoms with Gasteiger partial charge in [0.15, 0.2) is 11.0 Å². The fourth-order valence-electron chi connectivity index (χ4n) is 1.54. The van der Waals surface area contributed by atoms with Crippen molar-refractivity contribution in [2.45, 2.75) is 38.1 Å². The maximum absolute atomic E-state index is 12.0. The van der Waals surface area contributed by atoms with E-state index in [2.05, 4.69) is 15.5 Å². The second kappa shape index (κ2) is 7.85. The minimum atomic E-state index is -0.988. The van der Waals surface area contributed by atoms with E-state index in [9.17, 15) is 14.7 Å². The number of hydrogen-bond donors (Lipinski definition) is 3. The van der Waals surface area contributed by atoms with Crippen molar-refractivity contribution in [1.29, 1.82) is 0 Å². The molecule has 0 bridgehead atoms. The lowest BCUT2D eigenvalue weighted by molar-refractivity contribution is -0.133. The van der Waals surface area contributed by atoms with Crippen molar-refractivity contribution in [3.63, 3.8) is 0 Å². The molecule has 0 aliphatic heterocycles. The lowest BCUT2D eigenvalue weighted by Crippen LogP contribution is -2.32. The third kappa shape index (κ3) is 4.20. The van der Waals surface area contributed by atoms with E-state index in [-0.39, 0.29) is 24.1 Å². The molecule has 1 amide bonds. The Balaban J connectivity index is 2.91. The minimum Gasteiger partial charge on any atom is -0.481 e. The Bertz CT molecular complexity index is 477. The van der Waals surface area contributed by atoms with Crippen LogP contribution < -0.4 is 5.32 Å². The fourth-order valence-corrected chi connectivity index (χ4v) is 2.30. The molecule has 0 spiro atoms. The number of rotatable bonds is 8. The summed E-state index contributed by atoms with van der Waals surface area (Å²) in [6.45, 7) is 3.78. The summed E-state index contributed by atoms with van der Waals surface area (Å²) >= 11 is 0.960. The maximum Gasteiger partial charge on any atom is 0.313 e. The first-order valence-corrected chi connectivity index (χ1v) is 7.16. The molecule has 1 atom stereocenters. The van der Waals surface area contributed by atoms with Crippen molar-refractivity contribution >= 4 is 23.6 Å². The van der Waals surface area contributed by atoms with Gasteiger partial charge in [-0.3, -0.25) is 14.2 Å². The second-order valence-electron chi connectivity index (χ2n) is 4.08. The Labute approximate surface area is 120 Å². The molecule has 0 saturated carbocycles. The van der Waals surface area contributed by atoms with Crippen molar-refractivity contribution in [2.24, 2.45) is 0 Å². The van der Waals surface area contributed by atoms with Gasteiger partial charge in [-0.05, 0) is 13.3 Å². The maximum atomic E-state index is 12.0. The number of nitrogens with zero attached hydrogens (tertiary/aromatic N) is 3. The molecule has 0 aliphatic rings. The molecular weight excluding hydrogens is 284 g/mol. The Kier molecular flexibility index (Phi) is 6.46. The van der Waals surface area contributed by atoms with Gasteiger partial charge in [-0.15, -0.1) is 10.2 Å². The van der Waals surface area contributed by atoms with Crippen LogP contribution in [0.15, 0.2) is 5.16 Å². The molecule has 1 rings (SSSR count). The minimum absolute atomic E-state index is 0.188. The van der Waals surface area contributed by atoms with Gasteiger partial charge in [0.25, 0.3) is 0 Å². The number of aliphatic carboxylic acids is 1. The van der Waals surface area contributed by atoms with Gasteiger partial charge in [-0.25, -0.2) is 0 Å². The van der Waals surface area contributed by atoms with Crippen molar-refractivity contribution in [2.75, 3.05) is 12.3 Å². The summed E-state index contributed by atoms with van der Waals surface area (Å²) in [5.41, 5.74) is 0. The molecule has 0 aliphatic carbocycles. The number of carbonyl (C=O) groups is 2. The SMILES string of the molecule is CCCNC(=O)C(C)n1c(CO)nnc1SCC(=O)O. The number of carboxylic acid groups (broad SMARTS) is 1. The number of aliphatic hydroxyl groups excluding tert-OH is 1. The molecule has 1 aromatic heterocycles. The highest BCUT2D eigenvalue weighted by Gasteiger charge is 2.23. The van der Waals surface area contributed by atoms with E-state index >= 15 is 0 Å². The van der Waals surface area contributed by atoms with E-state index in [1.165, 1.54) is 4.57 Å². The smallest absolute Gasteiger partial charge is 0.313 e. The molecule has 0 fully saturated rings. The molecule has 112 valence electrons. The molecule has 0 aromatic carbocycles. The summed E-state index contributed by atoms with van der Waals surface area (Å²) in [6.07, 6.45) is 0.814. The van der Waals surface area contributed by atoms with Gasteiger partial charge in [-0.2, -0.15) is 0 Å². The highest BCUT2D eigenvalue weighted by Crippen LogP contribution is 2.21. The monoisotopic (exact) mass is 302 g/mol. The average Bonchev–Trinajstić information content (AvgIpc) is 2.84. The number of carboxylic acids is 1. The summed E-state index contributed by atoms with van der Waals surface area (Å²) in [7, 11) is 0. The zero-order valence-electron chi connectivity index (χ0n) is 11.4. The van der Waals surface area contributed by atoms with Crippen LogP contribution in [0, 0.1) is 0 Å². The van der Waals surface area contributed by atoms with Crippen LogP contribution in [0.4, 0.5) is 0 Å². The molecule has 8 nitrogen and oxygen atoms in total. The zero-order valence-corrected chi connectivity index (χ0v) is 12.2. The molecule has 0 saturated heterocycles. The first kappa shape index (κ1) is 16.4. The van der Waals surface area contributed by atoms with Gasteiger partial charge in [0.2, 0.25) is 5.91 Å². The van der Waals surface area contributed by atoms with Crippen LogP contribution in [0.1, 0.15) is 32.1 Å². The Morgan fingerprint density at radius 1 is 1.45 bits per heavy atom. The molecule has 1 aromatic rings. The molecule has 0 radical (unpaired) electrons. The van der Waals surface area contributed by atoms with Crippen LogP contribution in [-0.2, 0) is 16.2 Å². The van der Waals surface area contributed by atoms with Crippen molar-refractivity contribution in [3.8, 4) is 0 Å². The Morgan fingerprint density at radius 3 is 2.70 bits per heavy atom. The number of amides is 1. The summed E-state index contributed by atoms with van der Waals surface area (Å²) < 4.78 is 1.46. The van der Waals surface area contributed by atoms with E-state index in [1.807, 2.05) is 6.92 Å². The lowest BCUT2D eigenvalue weighted by atomic mass is 10.3. The van der Waals surface area contributed by atoms with E-state index in [4.69, 9.17) is 5.11 Å². The molecule has 1 heterocycles. The van der Waals surface area contributed by atoms with Crippen molar-refractivity contribution in [3.05, 3.63) is 5.82 Å². The molecular formula is C11H18N4O4S. The zero-order chi connectivity index (χ0) is 15.1. The molecule has 9 heteroatoms. The number of carbonyl (C=O) groups excluding carboxylic acids is 1. The molecule has 20 heavy (non-hydrogen) atoms. The van der Waals surface area contributed by atoms with Gasteiger partial charge in [0, 0.05) is 6.54 Å². The van der Waals surface area contributed by atoms with Crippen LogP contribution in [0.25, 0.3) is 0 Å². The highest BCUT2D eigenvalue weighted by molar-refractivity contribution is 7.99. The van der Waals surface area contributed by atoms with Crippen molar-refractivity contribution < 1.29 is 19.8 Å². The predicted molar refractivity (Wildman–Crippen MR) is 72.3 cm³/mol. The average molecular weight is 302 g/mol. The van der Waals surface area contributed by atoms with Gasteiger partial charge >= 0.3 is 5.97 Å². The first-order chi connectivity index (χ1) is 9.51. The van der Waals surface area contributed by atoms with Gasteiger partial charge < -0.3 is 15.5 Å². The number of thioether (sulfide) groups is 1. The highest BCUT2D eigenvalue weighted by atomic mass is 32.2. The topological polar surface area (TPSA) is 117 Å². The summed E-state index contributed by atoms with van der Waals surface area (Å²) in [5, 5.41) is 28.5. The number of nitrogens with one attached hydrogen (secondary N) is 1. The van der Waals surface area contributed by atoms with Crippen LogP contribution in [-0.4, -0.2) is 49.2 Å². The summed E-state index contributed by atoms with van der Waals surface area (Å²) in [5.74, 6) is -1.17. The second-order valence-corrected chi connectivity index (χ2v) is 5.02. The quantitative estimate of drug-likeness (QED) is 0.580. The fraction of sp³-hybridized carbons (Fsp3) is 0.636. The largest absolute Gasteiger partial charge is 0.481 e. The van der Waals surface area contributed by atoms with Crippen LogP contribution in [0.2, 0.25) is 0 Å². The van der Waals surface area contributed by atoms with Gasteiger partial charge in [0.1, 0.15) is 12.6 Å². The third-order valence-corrected chi connectivity index (χ3v) is 3.45. The molecule has 1 unspecified atom stereocenters. The van der Waals surface area contributed by atoms with Crippen molar-refractivity contribution in [1.82, 2.24) is 20.1 Å². The number of aromatic nitrogens is 3.